The lowest BCUT2D eigenvalue weighted by atomic mass is 10.2. The van der Waals surface area contributed by atoms with E-state index in [2.05, 4.69) is 18.7 Å². The predicted octanol–water partition coefficient (Wildman–Crippen LogP) is 1.93. The zero-order valence-electron chi connectivity index (χ0n) is 11.2. The second-order valence-electron chi connectivity index (χ2n) is 4.81. The highest BCUT2D eigenvalue weighted by atomic mass is 32.1. The Morgan fingerprint density at radius 2 is 2.47 bits per heavy atom. The summed E-state index contributed by atoms with van der Waals surface area (Å²) in [6.07, 6.45) is -0.00213. The van der Waals surface area contributed by atoms with Crippen molar-refractivity contribution in [2.24, 2.45) is 0 Å². The Morgan fingerprint density at radius 3 is 3.16 bits per heavy atom. The van der Waals surface area contributed by atoms with E-state index in [0.717, 1.165) is 13.1 Å². The van der Waals surface area contributed by atoms with Crippen molar-refractivity contribution in [1.29, 1.82) is 0 Å². The summed E-state index contributed by atoms with van der Waals surface area (Å²) >= 11 is 1.17. The topological polar surface area (TPSA) is 59.0 Å². The first-order valence-corrected chi connectivity index (χ1v) is 7.25. The first-order chi connectivity index (χ1) is 9.08. The van der Waals surface area contributed by atoms with Crippen molar-refractivity contribution in [2.45, 2.75) is 26.0 Å². The van der Waals surface area contributed by atoms with E-state index in [9.17, 15) is 4.79 Å². The van der Waals surface area contributed by atoms with Crippen molar-refractivity contribution in [3.63, 3.8) is 0 Å². The quantitative estimate of drug-likeness (QED) is 0.896. The second-order valence-corrected chi connectivity index (χ2v) is 5.73. The third kappa shape index (κ3) is 3.68. The summed E-state index contributed by atoms with van der Waals surface area (Å²) in [6, 6.07) is 2.18. The minimum atomic E-state index is -0.946. The highest BCUT2D eigenvalue weighted by Crippen LogP contribution is 2.25. The largest absolute Gasteiger partial charge is 0.489 e. The molecule has 1 unspecified atom stereocenters. The lowest BCUT2D eigenvalue weighted by Gasteiger charge is -2.35. The molecule has 1 fully saturated rings. The van der Waals surface area contributed by atoms with Gasteiger partial charge in [0.05, 0.1) is 6.61 Å². The summed E-state index contributed by atoms with van der Waals surface area (Å²) in [7, 11) is 0. The van der Waals surface area contributed by atoms with Crippen LogP contribution in [0, 0.1) is 0 Å². The van der Waals surface area contributed by atoms with E-state index in [1.807, 2.05) is 0 Å². The molecule has 1 aliphatic rings. The van der Waals surface area contributed by atoms with Crippen molar-refractivity contribution in [3.05, 3.63) is 16.3 Å². The molecule has 1 atom stereocenters. The average Bonchev–Trinajstić information content (AvgIpc) is 2.85. The van der Waals surface area contributed by atoms with Crippen LogP contribution in [0.4, 0.5) is 0 Å². The molecule has 106 valence electrons. The molecule has 0 radical (unpaired) electrons. The smallest absolute Gasteiger partial charge is 0.349 e. The van der Waals surface area contributed by atoms with E-state index < -0.39 is 5.97 Å². The van der Waals surface area contributed by atoms with Gasteiger partial charge in [-0.1, -0.05) is 0 Å². The molecule has 1 saturated heterocycles. The molecule has 0 aliphatic carbocycles. The fourth-order valence-corrected chi connectivity index (χ4v) is 2.73. The first kappa shape index (κ1) is 14.3. The van der Waals surface area contributed by atoms with Crippen LogP contribution in [0.15, 0.2) is 11.4 Å². The van der Waals surface area contributed by atoms with Crippen LogP contribution in [-0.2, 0) is 4.74 Å². The van der Waals surface area contributed by atoms with Gasteiger partial charge in [0, 0.05) is 19.1 Å². The Labute approximate surface area is 116 Å². The summed E-state index contributed by atoms with van der Waals surface area (Å²) in [6.45, 7) is 7.16. The molecule has 0 aromatic carbocycles. The molecular formula is C13H19NO4S. The zero-order valence-corrected chi connectivity index (χ0v) is 12.0. The molecule has 1 aromatic rings. The van der Waals surface area contributed by atoms with Crippen LogP contribution in [0.1, 0.15) is 23.5 Å². The maximum absolute atomic E-state index is 11.0. The van der Waals surface area contributed by atoms with Gasteiger partial charge in [-0.2, -0.15) is 0 Å². The van der Waals surface area contributed by atoms with Gasteiger partial charge in [0.15, 0.2) is 4.88 Å². The number of morpholine rings is 1. The third-order valence-corrected chi connectivity index (χ3v) is 4.03. The number of carbonyl (C=O) groups is 1. The number of ether oxygens (including phenoxy) is 2. The fourth-order valence-electron chi connectivity index (χ4n) is 2.06. The maximum atomic E-state index is 11.0. The number of thiophene rings is 1. The molecule has 2 heterocycles. The number of rotatable bonds is 5. The number of aromatic carboxylic acids is 1. The monoisotopic (exact) mass is 285 g/mol. The van der Waals surface area contributed by atoms with Gasteiger partial charge in [-0.05, 0) is 25.3 Å². The second kappa shape index (κ2) is 6.36. The van der Waals surface area contributed by atoms with Gasteiger partial charge in [0.2, 0.25) is 0 Å². The Morgan fingerprint density at radius 1 is 1.68 bits per heavy atom. The van der Waals surface area contributed by atoms with Gasteiger partial charge in [-0.3, -0.25) is 4.90 Å². The highest BCUT2D eigenvalue weighted by Gasteiger charge is 2.23. The van der Waals surface area contributed by atoms with E-state index in [1.54, 1.807) is 11.4 Å². The van der Waals surface area contributed by atoms with Crippen molar-refractivity contribution in [1.82, 2.24) is 4.90 Å². The molecule has 0 amide bonds. The minimum Gasteiger partial charge on any atom is -0.489 e. The molecule has 6 heteroatoms. The van der Waals surface area contributed by atoms with E-state index in [0.29, 0.717) is 25.0 Å². The van der Waals surface area contributed by atoms with E-state index in [1.165, 1.54) is 11.3 Å². The summed E-state index contributed by atoms with van der Waals surface area (Å²) < 4.78 is 11.2. The minimum absolute atomic E-state index is 0.00213. The molecule has 0 bridgehead atoms. The number of nitrogens with zero attached hydrogens (tertiary/aromatic N) is 1. The van der Waals surface area contributed by atoms with Crippen LogP contribution in [0.5, 0.6) is 5.75 Å². The molecule has 1 aromatic heterocycles. The van der Waals surface area contributed by atoms with Crippen LogP contribution in [0.3, 0.4) is 0 Å². The summed E-state index contributed by atoms with van der Waals surface area (Å²) in [5.41, 5.74) is 0. The standard InChI is InChI=1S/C13H19NO4S/c1-9(2)14-4-5-17-10(7-14)8-18-11-3-6-19-12(11)13(15)16/h3,6,9-10H,4-5,7-8H2,1-2H3,(H,15,16). The molecule has 1 aliphatic heterocycles. The van der Waals surface area contributed by atoms with Crippen molar-refractivity contribution < 1.29 is 19.4 Å². The Balaban J connectivity index is 1.88. The molecule has 1 N–H and O–H groups in total. The lowest BCUT2D eigenvalue weighted by Crippen LogP contribution is -2.47. The van der Waals surface area contributed by atoms with Gasteiger partial charge < -0.3 is 14.6 Å². The molecule has 5 nitrogen and oxygen atoms in total. The van der Waals surface area contributed by atoms with E-state index in [-0.39, 0.29) is 11.0 Å². The molecule has 2 rings (SSSR count). The molecular weight excluding hydrogens is 266 g/mol. The zero-order chi connectivity index (χ0) is 13.8. The third-order valence-electron chi connectivity index (χ3n) is 3.15. The van der Waals surface area contributed by atoms with Crippen molar-refractivity contribution in [2.75, 3.05) is 26.3 Å². The van der Waals surface area contributed by atoms with Crippen LogP contribution < -0.4 is 4.74 Å². The predicted molar refractivity (Wildman–Crippen MR) is 73.2 cm³/mol. The number of carboxylic acid groups (broad SMARTS) is 1. The number of hydrogen-bond acceptors (Lipinski definition) is 5. The van der Waals surface area contributed by atoms with Crippen LogP contribution in [0.2, 0.25) is 0 Å². The van der Waals surface area contributed by atoms with Crippen molar-refractivity contribution >= 4 is 17.3 Å². The van der Waals surface area contributed by atoms with E-state index in [4.69, 9.17) is 14.6 Å². The van der Waals surface area contributed by atoms with Gasteiger partial charge in [0.1, 0.15) is 18.5 Å². The SMILES string of the molecule is CC(C)N1CCOC(COc2ccsc2C(=O)O)C1. The first-order valence-electron chi connectivity index (χ1n) is 6.37. The fraction of sp³-hybridized carbons (Fsp3) is 0.615. The highest BCUT2D eigenvalue weighted by molar-refractivity contribution is 7.12. The number of hydrogen-bond donors (Lipinski definition) is 1. The normalized spacial score (nSPS) is 20.7. The molecule has 0 spiro atoms. The van der Waals surface area contributed by atoms with Crippen LogP contribution in [0.25, 0.3) is 0 Å². The summed E-state index contributed by atoms with van der Waals surface area (Å²) in [5.74, 6) is -0.513. The molecule has 19 heavy (non-hydrogen) atoms. The summed E-state index contributed by atoms with van der Waals surface area (Å²) in [4.78, 5) is 13.5. The van der Waals surface area contributed by atoms with Crippen LogP contribution >= 0.6 is 11.3 Å². The maximum Gasteiger partial charge on any atom is 0.349 e. The van der Waals surface area contributed by atoms with Gasteiger partial charge in [-0.15, -0.1) is 11.3 Å². The lowest BCUT2D eigenvalue weighted by molar-refractivity contribution is -0.0564. The van der Waals surface area contributed by atoms with Gasteiger partial charge in [0.25, 0.3) is 0 Å². The van der Waals surface area contributed by atoms with Gasteiger partial charge >= 0.3 is 5.97 Å². The van der Waals surface area contributed by atoms with E-state index >= 15 is 0 Å². The summed E-state index contributed by atoms with van der Waals surface area (Å²) in [5, 5.41) is 10.7. The molecule has 0 saturated carbocycles. The Bertz CT molecular complexity index is 432. The Hall–Kier alpha value is -1.11. The average molecular weight is 285 g/mol. The van der Waals surface area contributed by atoms with Crippen LogP contribution in [-0.4, -0.2) is 54.4 Å². The van der Waals surface area contributed by atoms with Gasteiger partial charge in [-0.25, -0.2) is 4.79 Å². The number of carboxylic acids is 1. The Kier molecular flexibility index (Phi) is 4.79. The van der Waals surface area contributed by atoms with Crippen molar-refractivity contribution in [3.8, 4) is 5.75 Å².